The second kappa shape index (κ2) is 8.33. The number of esters is 1. The number of cyclic esters (lactones) is 1. The molecule has 1 saturated carbocycles. The van der Waals surface area contributed by atoms with Gasteiger partial charge in [-0.1, -0.05) is 49.6 Å². The van der Waals surface area contributed by atoms with Gasteiger partial charge in [0, 0.05) is 35.2 Å². The van der Waals surface area contributed by atoms with Crippen LogP contribution < -0.4 is 0 Å². The summed E-state index contributed by atoms with van der Waals surface area (Å²) in [5, 5.41) is 10.8. The molecule has 0 aromatic heterocycles. The van der Waals surface area contributed by atoms with Gasteiger partial charge in [-0.05, 0) is 50.0 Å². The molecule has 2 bridgehead atoms. The SMILES string of the molecule is C[C@@H]1C=C[C@H](O)/C=C(/Cl)CCOC(=O)C2=CC[C@@H]3CCC[C@@]4(CCCC14)N3C2. The van der Waals surface area contributed by atoms with Crippen molar-refractivity contribution in [2.75, 3.05) is 13.2 Å². The molecule has 0 aromatic rings. The summed E-state index contributed by atoms with van der Waals surface area (Å²) < 4.78 is 5.50. The van der Waals surface area contributed by atoms with Gasteiger partial charge in [0.25, 0.3) is 0 Å². The van der Waals surface area contributed by atoms with Crippen molar-refractivity contribution in [3.63, 3.8) is 0 Å². The first-order valence-corrected chi connectivity index (χ1v) is 11.2. The van der Waals surface area contributed by atoms with Crippen LogP contribution in [-0.2, 0) is 9.53 Å². The predicted molar refractivity (Wildman–Crippen MR) is 111 cm³/mol. The molecule has 1 spiro atoms. The molecule has 0 radical (unpaired) electrons. The maximum atomic E-state index is 12.7. The third-order valence-electron chi connectivity index (χ3n) is 7.39. The molecule has 28 heavy (non-hydrogen) atoms. The van der Waals surface area contributed by atoms with Crippen LogP contribution in [0.3, 0.4) is 0 Å². The van der Waals surface area contributed by atoms with E-state index in [1.165, 1.54) is 38.5 Å². The molecular formula is C23H32ClNO3. The minimum atomic E-state index is -0.700. The fraction of sp³-hybridized carbons (Fsp3) is 0.696. The molecule has 0 amide bonds. The molecule has 3 aliphatic heterocycles. The molecule has 3 heterocycles. The molecule has 2 fully saturated rings. The van der Waals surface area contributed by atoms with Gasteiger partial charge in [-0.25, -0.2) is 4.79 Å². The van der Waals surface area contributed by atoms with Crippen LogP contribution in [0, 0.1) is 11.8 Å². The summed E-state index contributed by atoms with van der Waals surface area (Å²) in [6, 6.07) is 0.541. The largest absolute Gasteiger partial charge is 0.462 e. The number of hydrogen-bond donors (Lipinski definition) is 1. The van der Waals surface area contributed by atoms with E-state index < -0.39 is 6.10 Å². The predicted octanol–water partition coefficient (Wildman–Crippen LogP) is 4.33. The monoisotopic (exact) mass is 405 g/mol. The van der Waals surface area contributed by atoms with E-state index in [1.807, 2.05) is 6.08 Å². The fourth-order valence-corrected chi connectivity index (χ4v) is 6.30. The maximum absolute atomic E-state index is 12.7. The summed E-state index contributed by atoms with van der Waals surface area (Å²) >= 11 is 6.22. The standard InChI is InChI=1S/C23H32ClNO3/c1-16-6-9-20(26)14-18(24)10-13-28-22(27)17-7-8-19-4-2-11-23(25(19)15-17)12-3-5-21(16)23/h6-7,9,14,16,19-21,26H,2-5,8,10-13,15H2,1H3/b9-6?,18-14+/t16-,19+,20+,21?,23+/m1/s1. The van der Waals surface area contributed by atoms with Crippen molar-refractivity contribution in [3.05, 3.63) is 34.9 Å². The first kappa shape index (κ1) is 20.2. The van der Waals surface area contributed by atoms with E-state index in [1.54, 1.807) is 6.08 Å². The number of piperidine rings is 1. The Bertz CT molecular complexity index is 700. The van der Waals surface area contributed by atoms with E-state index in [0.29, 0.717) is 35.9 Å². The van der Waals surface area contributed by atoms with E-state index in [4.69, 9.17) is 16.3 Å². The molecule has 0 aromatic carbocycles. The Kier molecular flexibility index (Phi) is 6.01. The maximum Gasteiger partial charge on any atom is 0.335 e. The van der Waals surface area contributed by atoms with Crippen LogP contribution in [0.25, 0.3) is 0 Å². The van der Waals surface area contributed by atoms with Crippen LogP contribution in [0.15, 0.2) is 34.9 Å². The summed E-state index contributed by atoms with van der Waals surface area (Å²) in [7, 11) is 0. The average Bonchev–Trinajstić information content (AvgIpc) is 3.09. The van der Waals surface area contributed by atoms with Crippen LogP contribution in [0.1, 0.15) is 58.3 Å². The van der Waals surface area contributed by atoms with Gasteiger partial charge < -0.3 is 9.84 Å². The minimum absolute atomic E-state index is 0.172. The minimum Gasteiger partial charge on any atom is -0.462 e. The van der Waals surface area contributed by atoms with E-state index in [0.717, 1.165) is 12.0 Å². The van der Waals surface area contributed by atoms with Gasteiger partial charge in [0.1, 0.15) is 0 Å². The van der Waals surface area contributed by atoms with Crippen molar-refractivity contribution in [1.29, 1.82) is 0 Å². The summed E-state index contributed by atoms with van der Waals surface area (Å²) in [5.41, 5.74) is 0.979. The zero-order valence-corrected chi connectivity index (χ0v) is 17.5. The lowest BCUT2D eigenvalue weighted by molar-refractivity contribution is -0.140. The van der Waals surface area contributed by atoms with Crippen LogP contribution in [-0.4, -0.2) is 46.8 Å². The lowest BCUT2D eigenvalue weighted by Crippen LogP contribution is -2.61. The third-order valence-corrected chi connectivity index (χ3v) is 7.70. The number of allylic oxidation sites excluding steroid dienone is 1. The first-order valence-electron chi connectivity index (χ1n) is 10.8. The molecule has 1 unspecified atom stereocenters. The van der Waals surface area contributed by atoms with E-state index in [9.17, 15) is 9.90 Å². The smallest absolute Gasteiger partial charge is 0.335 e. The Morgan fingerprint density at radius 1 is 1.25 bits per heavy atom. The number of aliphatic hydroxyl groups is 1. The number of fused-ring (bicyclic) bond motifs is 1. The molecule has 1 aliphatic carbocycles. The molecule has 5 heteroatoms. The Balaban J connectivity index is 1.69. The topological polar surface area (TPSA) is 49.8 Å². The highest BCUT2D eigenvalue weighted by molar-refractivity contribution is 6.29. The number of carbonyl (C=O) groups excluding carboxylic acids is 1. The van der Waals surface area contributed by atoms with Gasteiger partial charge in [-0.2, -0.15) is 0 Å². The molecular weight excluding hydrogens is 374 g/mol. The van der Waals surface area contributed by atoms with Crippen LogP contribution in [0.2, 0.25) is 0 Å². The molecule has 1 N–H and O–H groups in total. The van der Waals surface area contributed by atoms with Crippen molar-refractivity contribution in [1.82, 2.24) is 4.90 Å². The quantitative estimate of drug-likeness (QED) is 0.481. The number of hydrogen-bond acceptors (Lipinski definition) is 4. The number of nitrogens with zero attached hydrogens (tertiary/aromatic N) is 1. The van der Waals surface area contributed by atoms with Crippen molar-refractivity contribution in [2.45, 2.75) is 76.0 Å². The van der Waals surface area contributed by atoms with Gasteiger partial charge in [0.15, 0.2) is 0 Å². The van der Waals surface area contributed by atoms with E-state index in [2.05, 4.69) is 24.0 Å². The summed E-state index contributed by atoms with van der Waals surface area (Å²) in [6.07, 6.45) is 15.8. The average molecular weight is 406 g/mol. The number of carbonyl (C=O) groups is 1. The Hall–Kier alpha value is -1.10. The Morgan fingerprint density at radius 2 is 2.04 bits per heavy atom. The van der Waals surface area contributed by atoms with Crippen LogP contribution in [0.4, 0.5) is 0 Å². The second-order valence-corrected chi connectivity index (χ2v) is 9.46. The summed E-state index contributed by atoms with van der Waals surface area (Å²) in [6.45, 7) is 3.24. The van der Waals surface area contributed by atoms with Gasteiger partial charge in [0.2, 0.25) is 0 Å². The van der Waals surface area contributed by atoms with Crippen molar-refractivity contribution < 1.29 is 14.6 Å². The number of rotatable bonds is 0. The molecule has 4 rings (SSSR count). The summed E-state index contributed by atoms with van der Waals surface area (Å²) in [5.74, 6) is 0.730. The first-order chi connectivity index (χ1) is 13.5. The van der Waals surface area contributed by atoms with Gasteiger partial charge in [-0.15, -0.1) is 0 Å². The van der Waals surface area contributed by atoms with E-state index >= 15 is 0 Å². The highest BCUT2D eigenvalue weighted by Gasteiger charge is 2.52. The highest BCUT2D eigenvalue weighted by Crippen LogP contribution is 2.52. The zero-order valence-electron chi connectivity index (χ0n) is 16.8. The van der Waals surface area contributed by atoms with Crippen LogP contribution >= 0.6 is 11.6 Å². The normalized spacial score (nSPS) is 41.8. The third kappa shape index (κ3) is 3.83. The van der Waals surface area contributed by atoms with Gasteiger partial charge in [0.05, 0.1) is 12.7 Å². The fourth-order valence-electron chi connectivity index (χ4n) is 6.10. The zero-order chi connectivity index (χ0) is 19.7. The molecule has 4 nitrogen and oxygen atoms in total. The van der Waals surface area contributed by atoms with Crippen molar-refractivity contribution in [3.8, 4) is 0 Å². The highest BCUT2D eigenvalue weighted by atomic mass is 35.5. The Labute approximate surface area is 173 Å². The molecule has 5 atom stereocenters. The van der Waals surface area contributed by atoms with Gasteiger partial charge >= 0.3 is 5.97 Å². The van der Waals surface area contributed by atoms with Crippen molar-refractivity contribution >= 4 is 17.6 Å². The summed E-state index contributed by atoms with van der Waals surface area (Å²) in [4.78, 5) is 15.3. The Morgan fingerprint density at radius 3 is 2.86 bits per heavy atom. The van der Waals surface area contributed by atoms with E-state index in [-0.39, 0.29) is 18.1 Å². The molecule has 1 saturated heterocycles. The van der Waals surface area contributed by atoms with Crippen LogP contribution in [0.5, 0.6) is 0 Å². The molecule has 154 valence electrons. The number of ether oxygens (including phenoxy) is 1. The van der Waals surface area contributed by atoms with Gasteiger partial charge in [-0.3, -0.25) is 4.90 Å². The lowest BCUT2D eigenvalue weighted by atomic mass is 9.70. The second-order valence-electron chi connectivity index (χ2n) is 8.98. The van der Waals surface area contributed by atoms with Crippen molar-refractivity contribution in [2.24, 2.45) is 11.8 Å². The number of halogens is 1. The number of aliphatic hydroxyl groups excluding tert-OH is 1. The molecule has 4 aliphatic rings. The lowest BCUT2D eigenvalue weighted by Gasteiger charge is -2.55.